The van der Waals surface area contributed by atoms with Crippen molar-refractivity contribution in [3.05, 3.63) is 58.8 Å². The van der Waals surface area contributed by atoms with Gasteiger partial charge < -0.3 is 24.3 Å². The van der Waals surface area contributed by atoms with E-state index in [0.29, 0.717) is 44.2 Å². The molecule has 0 bridgehead atoms. The number of nitriles is 1. The number of likely N-dealkylation sites (tertiary alicyclic amines) is 1. The molecule has 1 amide bonds. The van der Waals surface area contributed by atoms with Gasteiger partial charge in [-0.2, -0.15) is 33.5 Å². The molecule has 0 N–H and O–H groups in total. The van der Waals surface area contributed by atoms with Gasteiger partial charge in [0.05, 0.1) is 47.0 Å². The predicted octanol–water partition coefficient (Wildman–Crippen LogP) is 3.88. The van der Waals surface area contributed by atoms with E-state index in [1.807, 2.05) is 11.9 Å². The number of hydrogen-bond acceptors (Lipinski definition) is 10. The topological polar surface area (TPSA) is 120 Å². The molecule has 3 aliphatic heterocycles. The summed E-state index contributed by atoms with van der Waals surface area (Å²) in [7, 11) is 2.04. The zero-order chi connectivity index (χ0) is 33.1. The summed E-state index contributed by atoms with van der Waals surface area (Å²) in [4.78, 5) is 34.1. The van der Waals surface area contributed by atoms with Gasteiger partial charge in [-0.1, -0.05) is 17.7 Å². The first-order valence-corrected chi connectivity index (χ1v) is 15.8. The highest BCUT2D eigenvalue weighted by Crippen LogP contribution is 2.43. The number of carbonyl (C=O) groups is 1. The quantitative estimate of drug-likeness (QED) is 0.327. The first kappa shape index (κ1) is 32.5. The van der Waals surface area contributed by atoms with Crippen molar-refractivity contribution in [3.63, 3.8) is 0 Å². The van der Waals surface area contributed by atoms with Crippen LogP contribution in [0.2, 0.25) is 5.02 Å². The predicted molar refractivity (Wildman–Crippen MR) is 168 cm³/mol. The number of rotatable bonds is 8. The van der Waals surface area contributed by atoms with Crippen LogP contribution >= 0.6 is 11.6 Å². The standard InChI is InChI=1S/C31H34ClF3N10O2/c1-41-11-3-4-22(41)18-47-30-39-25-17-42(26-6-2-5-24(32)28(26)31(33,34)35)12-8-23(25)29(40-30)43-14-15-45(21(16-43)7-10-36)27(46)9-13-44-20-37-19-38-44/h2,5-6,9,13,19-22H,3-4,7-8,11-12,14-18H2,1H3/b13-9+/t21-,22-/m0/s1. The molecular weight excluding hydrogens is 637 g/mol. The summed E-state index contributed by atoms with van der Waals surface area (Å²) < 4.78 is 49.8. The van der Waals surface area contributed by atoms with Crippen molar-refractivity contribution in [2.24, 2.45) is 0 Å². The van der Waals surface area contributed by atoms with E-state index in [-0.39, 0.29) is 48.2 Å². The molecule has 2 fully saturated rings. The zero-order valence-corrected chi connectivity index (χ0v) is 26.5. The fourth-order valence-corrected chi connectivity index (χ4v) is 6.76. The number of anilines is 2. The van der Waals surface area contributed by atoms with Crippen molar-refractivity contribution in [2.45, 2.75) is 50.5 Å². The maximum atomic E-state index is 14.1. The third-order valence-corrected chi connectivity index (χ3v) is 9.23. The highest BCUT2D eigenvalue weighted by molar-refractivity contribution is 6.31. The maximum absolute atomic E-state index is 14.1. The van der Waals surface area contributed by atoms with Crippen LogP contribution in [0.15, 0.2) is 36.9 Å². The van der Waals surface area contributed by atoms with E-state index in [1.165, 1.54) is 47.8 Å². The highest BCUT2D eigenvalue weighted by Gasteiger charge is 2.39. The Morgan fingerprint density at radius 2 is 2.02 bits per heavy atom. The van der Waals surface area contributed by atoms with Crippen LogP contribution in [-0.2, 0) is 23.9 Å². The van der Waals surface area contributed by atoms with Crippen LogP contribution in [-0.4, -0.2) is 98.9 Å². The largest absolute Gasteiger partial charge is 0.462 e. The second-order valence-electron chi connectivity index (χ2n) is 11.8. The number of amides is 1. The number of likely N-dealkylation sites (N-methyl/N-ethyl adjacent to an activating group) is 1. The number of carbonyl (C=O) groups excluding carboxylic acids is 1. The molecule has 0 aliphatic carbocycles. The van der Waals surface area contributed by atoms with E-state index >= 15 is 0 Å². The number of alkyl halides is 3. The van der Waals surface area contributed by atoms with Gasteiger partial charge >= 0.3 is 12.2 Å². The van der Waals surface area contributed by atoms with Crippen LogP contribution < -0.4 is 14.5 Å². The molecule has 12 nitrogen and oxygen atoms in total. The van der Waals surface area contributed by atoms with Crippen molar-refractivity contribution in [2.75, 3.05) is 56.2 Å². The molecule has 1 aromatic carbocycles. The van der Waals surface area contributed by atoms with E-state index in [9.17, 15) is 23.2 Å². The van der Waals surface area contributed by atoms with Crippen LogP contribution in [0.1, 0.15) is 36.1 Å². The first-order chi connectivity index (χ1) is 22.6. The number of ether oxygens (including phenoxy) is 1. The minimum absolute atomic E-state index is 0.00832. The average Bonchev–Trinajstić information content (AvgIpc) is 3.73. The lowest BCUT2D eigenvalue weighted by Gasteiger charge is -2.42. The molecule has 0 spiro atoms. The number of aromatic nitrogens is 5. The van der Waals surface area contributed by atoms with E-state index in [0.717, 1.165) is 24.9 Å². The Labute approximate surface area is 275 Å². The van der Waals surface area contributed by atoms with Crippen molar-refractivity contribution in [3.8, 4) is 12.1 Å². The highest BCUT2D eigenvalue weighted by atomic mass is 35.5. The Balaban J connectivity index is 1.29. The number of benzene rings is 1. The monoisotopic (exact) mass is 670 g/mol. The third kappa shape index (κ3) is 7.13. The van der Waals surface area contributed by atoms with E-state index < -0.39 is 17.8 Å². The van der Waals surface area contributed by atoms with Crippen LogP contribution in [0.25, 0.3) is 6.20 Å². The zero-order valence-electron chi connectivity index (χ0n) is 25.8. The molecule has 16 heteroatoms. The Morgan fingerprint density at radius 3 is 2.74 bits per heavy atom. The summed E-state index contributed by atoms with van der Waals surface area (Å²) in [6.45, 7) is 2.82. The van der Waals surface area contributed by atoms with Gasteiger partial charge in [0.1, 0.15) is 25.1 Å². The molecule has 6 rings (SSSR count). The number of halogens is 4. The van der Waals surface area contributed by atoms with Gasteiger partial charge in [0, 0.05) is 50.1 Å². The molecule has 3 aliphatic rings. The first-order valence-electron chi connectivity index (χ1n) is 15.4. The Kier molecular flexibility index (Phi) is 9.51. The van der Waals surface area contributed by atoms with E-state index in [1.54, 1.807) is 9.80 Å². The SMILES string of the molecule is CN1CCC[C@H]1COc1nc2c(c(N3CCN(C(=O)/C=C/n4cncn4)[C@@H](CC#N)C3)n1)CCN(c1cccc(Cl)c1C(F)(F)F)C2. The van der Waals surface area contributed by atoms with Gasteiger partial charge in [-0.25, -0.2) is 9.67 Å². The summed E-state index contributed by atoms with van der Waals surface area (Å²) in [6, 6.07) is 6.30. The second-order valence-corrected chi connectivity index (χ2v) is 12.2. The molecule has 248 valence electrons. The molecule has 2 saturated heterocycles. The van der Waals surface area contributed by atoms with Gasteiger partial charge in [0.25, 0.3) is 0 Å². The summed E-state index contributed by atoms with van der Waals surface area (Å²) in [6.07, 6.45) is 3.62. The van der Waals surface area contributed by atoms with Gasteiger partial charge in [0.15, 0.2) is 0 Å². The summed E-state index contributed by atoms with van der Waals surface area (Å²) in [5.74, 6) is 0.354. The third-order valence-electron chi connectivity index (χ3n) is 8.91. The van der Waals surface area contributed by atoms with Crippen LogP contribution in [0.4, 0.5) is 24.7 Å². The van der Waals surface area contributed by atoms with Crippen molar-refractivity contribution in [1.29, 1.82) is 5.26 Å². The number of piperazine rings is 1. The molecule has 2 aromatic heterocycles. The lowest BCUT2D eigenvalue weighted by atomic mass is 10.0. The summed E-state index contributed by atoms with van der Waals surface area (Å²) in [5, 5.41) is 13.2. The van der Waals surface area contributed by atoms with E-state index in [4.69, 9.17) is 26.3 Å². The Morgan fingerprint density at radius 1 is 1.17 bits per heavy atom. The smallest absolute Gasteiger partial charge is 0.419 e. The molecule has 0 unspecified atom stereocenters. The average molecular weight is 671 g/mol. The number of hydrogen-bond donors (Lipinski definition) is 0. The van der Waals surface area contributed by atoms with Crippen molar-refractivity contribution < 1.29 is 22.7 Å². The molecular formula is C31H34ClF3N10O2. The minimum atomic E-state index is -4.64. The summed E-state index contributed by atoms with van der Waals surface area (Å²) in [5.41, 5.74) is 0.489. The number of fused-ring (bicyclic) bond motifs is 1. The normalized spacial score (nSPS) is 20.5. The molecule has 5 heterocycles. The van der Waals surface area contributed by atoms with Gasteiger partial charge in [0.2, 0.25) is 5.91 Å². The van der Waals surface area contributed by atoms with Crippen LogP contribution in [0.5, 0.6) is 6.01 Å². The van der Waals surface area contributed by atoms with E-state index in [2.05, 4.69) is 21.1 Å². The molecule has 2 atom stereocenters. The van der Waals surface area contributed by atoms with Crippen molar-refractivity contribution in [1.82, 2.24) is 34.5 Å². The Bertz CT molecular complexity index is 1660. The minimum Gasteiger partial charge on any atom is -0.462 e. The molecule has 0 saturated carbocycles. The molecule has 0 radical (unpaired) electrons. The second kappa shape index (κ2) is 13.7. The molecule has 47 heavy (non-hydrogen) atoms. The Hall–Kier alpha value is -4.42. The lowest BCUT2D eigenvalue weighted by molar-refractivity contribution is -0.137. The fraction of sp³-hybridized carbons (Fsp3) is 0.484. The van der Waals surface area contributed by atoms with Crippen LogP contribution in [0.3, 0.4) is 0 Å². The number of nitrogens with zero attached hydrogens (tertiary/aromatic N) is 10. The summed E-state index contributed by atoms with van der Waals surface area (Å²) >= 11 is 6.05. The molecule has 3 aromatic rings. The van der Waals surface area contributed by atoms with Crippen molar-refractivity contribution >= 4 is 35.2 Å². The maximum Gasteiger partial charge on any atom is 0.419 e. The fourth-order valence-electron chi connectivity index (χ4n) is 6.49. The van der Waals surface area contributed by atoms with Crippen LogP contribution in [0, 0.1) is 11.3 Å². The van der Waals surface area contributed by atoms with Gasteiger partial charge in [-0.05, 0) is 45.0 Å². The van der Waals surface area contributed by atoms with Gasteiger partial charge in [-0.15, -0.1) is 0 Å². The van der Waals surface area contributed by atoms with Gasteiger partial charge in [-0.3, -0.25) is 4.79 Å². The lowest BCUT2D eigenvalue weighted by Crippen LogP contribution is -2.55.